The van der Waals surface area contributed by atoms with Crippen LogP contribution in [0.1, 0.15) is 32.3 Å². The quantitative estimate of drug-likeness (QED) is 0.744. The molecule has 0 atom stereocenters. The molecule has 0 aliphatic rings. The van der Waals surface area contributed by atoms with Gasteiger partial charge in [0.05, 0.1) is 0 Å². The molecule has 0 unspecified atom stereocenters. The Morgan fingerprint density at radius 2 is 2.17 bits per heavy atom. The lowest BCUT2D eigenvalue weighted by atomic mass is 10.2. The number of hydrogen-bond donors (Lipinski definition) is 2. The van der Waals surface area contributed by atoms with Gasteiger partial charge in [-0.25, -0.2) is 9.97 Å². The zero-order valence-corrected chi connectivity index (χ0v) is 11.5. The number of rotatable bonds is 7. The van der Waals surface area contributed by atoms with Crippen molar-refractivity contribution in [2.24, 2.45) is 0 Å². The fourth-order valence-corrected chi connectivity index (χ4v) is 1.82. The van der Waals surface area contributed by atoms with Gasteiger partial charge in [0.2, 0.25) is 5.91 Å². The van der Waals surface area contributed by atoms with Crippen LogP contribution in [0, 0.1) is 0 Å². The SMILES string of the molecule is CCCc1c(Cl)ncnc1NCCC(=O)NCC. The maximum absolute atomic E-state index is 11.3. The van der Waals surface area contributed by atoms with Crippen molar-refractivity contribution in [2.75, 3.05) is 18.4 Å². The molecule has 0 bridgehead atoms. The van der Waals surface area contributed by atoms with Crippen LogP contribution in [0.5, 0.6) is 0 Å². The molecule has 0 saturated heterocycles. The highest BCUT2D eigenvalue weighted by molar-refractivity contribution is 6.30. The fourth-order valence-electron chi connectivity index (χ4n) is 1.59. The van der Waals surface area contributed by atoms with Gasteiger partial charge >= 0.3 is 0 Å². The van der Waals surface area contributed by atoms with E-state index in [1.807, 2.05) is 6.92 Å². The first-order valence-corrected chi connectivity index (χ1v) is 6.56. The molecule has 0 fully saturated rings. The van der Waals surface area contributed by atoms with Crippen LogP contribution in [-0.4, -0.2) is 29.0 Å². The monoisotopic (exact) mass is 270 g/mol. The minimum absolute atomic E-state index is 0.0298. The maximum Gasteiger partial charge on any atom is 0.221 e. The van der Waals surface area contributed by atoms with Gasteiger partial charge in [0.15, 0.2) is 0 Å². The predicted molar refractivity (Wildman–Crippen MR) is 72.8 cm³/mol. The van der Waals surface area contributed by atoms with Crippen molar-refractivity contribution in [1.82, 2.24) is 15.3 Å². The number of anilines is 1. The van der Waals surface area contributed by atoms with Crippen LogP contribution in [0.15, 0.2) is 6.33 Å². The third-order valence-electron chi connectivity index (χ3n) is 2.41. The van der Waals surface area contributed by atoms with E-state index in [1.165, 1.54) is 6.33 Å². The molecule has 5 nitrogen and oxygen atoms in total. The number of halogens is 1. The van der Waals surface area contributed by atoms with E-state index >= 15 is 0 Å². The maximum atomic E-state index is 11.3. The van der Waals surface area contributed by atoms with Crippen molar-refractivity contribution in [2.45, 2.75) is 33.1 Å². The van der Waals surface area contributed by atoms with E-state index in [1.54, 1.807) is 0 Å². The first-order valence-electron chi connectivity index (χ1n) is 6.19. The van der Waals surface area contributed by atoms with Crippen molar-refractivity contribution in [3.05, 3.63) is 17.0 Å². The molecule has 1 aromatic rings. The van der Waals surface area contributed by atoms with Gasteiger partial charge < -0.3 is 10.6 Å². The summed E-state index contributed by atoms with van der Waals surface area (Å²) in [5.41, 5.74) is 0.914. The molecule has 100 valence electrons. The van der Waals surface area contributed by atoms with Crippen LogP contribution >= 0.6 is 11.6 Å². The Morgan fingerprint density at radius 1 is 1.39 bits per heavy atom. The highest BCUT2D eigenvalue weighted by atomic mass is 35.5. The number of carbonyl (C=O) groups excluding carboxylic acids is 1. The van der Waals surface area contributed by atoms with Gasteiger partial charge in [-0.05, 0) is 13.3 Å². The average molecular weight is 271 g/mol. The first kappa shape index (κ1) is 14.7. The summed E-state index contributed by atoms with van der Waals surface area (Å²) in [7, 11) is 0. The molecule has 2 N–H and O–H groups in total. The summed E-state index contributed by atoms with van der Waals surface area (Å²) in [6.07, 6.45) is 3.64. The summed E-state index contributed by atoms with van der Waals surface area (Å²) in [5.74, 6) is 0.753. The number of carbonyl (C=O) groups is 1. The van der Waals surface area contributed by atoms with Crippen LogP contribution in [-0.2, 0) is 11.2 Å². The van der Waals surface area contributed by atoms with Gasteiger partial charge in [-0.2, -0.15) is 0 Å². The molecule has 1 amide bonds. The standard InChI is InChI=1S/C12H19ClN4O/c1-3-5-9-11(13)16-8-17-12(9)15-7-6-10(18)14-4-2/h8H,3-7H2,1-2H3,(H,14,18)(H,15,16,17). The second-order valence-corrected chi connectivity index (χ2v) is 4.23. The molecule has 1 rings (SSSR count). The molecule has 0 aliphatic heterocycles. The zero-order chi connectivity index (χ0) is 13.4. The summed E-state index contributed by atoms with van der Waals surface area (Å²) in [6, 6.07) is 0. The van der Waals surface area contributed by atoms with Crippen LogP contribution in [0.4, 0.5) is 5.82 Å². The highest BCUT2D eigenvalue weighted by Crippen LogP contribution is 2.21. The van der Waals surface area contributed by atoms with Gasteiger partial charge in [0, 0.05) is 25.1 Å². The third-order valence-corrected chi connectivity index (χ3v) is 2.74. The van der Waals surface area contributed by atoms with Gasteiger partial charge in [-0.3, -0.25) is 4.79 Å². The summed E-state index contributed by atoms with van der Waals surface area (Å²) >= 11 is 6.03. The summed E-state index contributed by atoms with van der Waals surface area (Å²) in [5, 5.41) is 6.36. The largest absolute Gasteiger partial charge is 0.369 e. The van der Waals surface area contributed by atoms with Crippen LogP contribution < -0.4 is 10.6 Å². The minimum Gasteiger partial charge on any atom is -0.369 e. The van der Waals surface area contributed by atoms with E-state index in [0.29, 0.717) is 24.7 Å². The van der Waals surface area contributed by atoms with Crippen LogP contribution in [0.25, 0.3) is 0 Å². The molecule has 0 saturated carbocycles. The molecule has 0 aliphatic carbocycles. The number of nitrogens with zero attached hydrogens (tertiary/aromatic N) is 2. The predicted octanol–water partition coefficient (Wildman–Crippen LogP) is 2.02. The van der Waals surface area contributed by atoms with Gasteiger partial charge in [0.1, 0.15) is 17.3 Å². The number of aromatic nitrogens is 2. The summed E-state index contributed by atoms with van der Waals surface area (Å²) in [6.45, 7) is 5.16. The van der Waals surface area contributed by atoms with Gasteiger partial charge in [0.25, 0.3) is 0 Å². The lowest BCUT2D eigenvalue weighted by Crippen LogP contribution is -2.25. The second kappa shape index (κ2) is 7.87. The Bertz CT molecular complexity index is 398. The molecule has 6 heteroatoms. The average Bonchev–Trinajstić information content (AvgIpc) is 2.34. The van der Waals surface area contributed by atoms with Crippen LogP contribution in [0.2, 0.25) is 5.15 Å². The first-order chi connectivity index (χ1) is 8.69. The molecule has 1 heterocycles. The molecular weight excluding hydrogens is 252 g/mol. The fraction of sp³-hybridized carbons (Fsp3) is 0.583. The number of nitrogens with one attached hydrogen (secondary N) is 2. The number of hydrogen-bond acceptors (Lipinski definition) is 4. The van der Waals surface area contributed by atoms with Crippen molar-refractivity contribution in [3.8, 4) is 0 Å². The van der Waals surface area contributed by atoms with Crippen molar-refractivity contribution in [1.29, 1.82) is 0 Å². The second-order valence-electron chi connectivity index (χ2n) is 3.87. The van der Waals surface area contributed by atoms with Gasteiger partial charge in [-0.1, -0.05) is 24.9 Å². The molecule has 18 heavy (non-hydrogen) atoms. The van der Waals surface area contributed by atoms with Crippen molar-refractivity contribution >= 4 is 23.3 Å². The smallest absolute Gasteiger partial charge is 0.221 e. The van der Waals surface area contributed by atoms with E-state index in [-0.39, 0.29) is 5.91 Å². The van der Waals surface area contributed by atoms with E-state index < -0.39 is 0 Å². The lowest BCUT2D eigenvalue weighted by molar-refractivity contribution is -0.120. The molecule has 0 radical (unpaired) electrons. The number of amides is 1. The molecule has 1 aromatic heterocycles. The molecule has 0 spiro atoms. The van der Waals surface area contributed by atoms with E-state index in [9.17, 15) is 4.79 Å². The molecule has 0 aromatic carbocycles. The van der Waals surface area contributed by atoms with E-state index in [0.717, 1.165) is 24.2 Å². The Labute approximate surface area is 112 Å². The van der Waals surface area contributed by atoms with Crippen molar-refractivity contribution < 1.29 is 4.79 Å². The Hall–Kier alpha value is -1.36. The van der Waals surface area contributed by atoms with E-state index in [2.05, 4.69) is 27.5 Å². The van der Waals surface area contributed by atoms with Crippen molar-refractivity contribution in [3.63, 3.8) is 0 Å². The zero-order valence-electron chi connectivity index (χ0n) is 10.8. The Morgan fingerprint density at radius 3 is 2.83 bits per heavy atom. The topological polar surface area (TPSA) is 66.9 Å². The van der Waals surface area contributed by atoms with Gasteiger partial charge in [-0.15, -0.1) is 0 Å². The lowest BCUT2D eigenvalue weighted by Gasteiger charge is -2.10. The Kier molecular flexibility index (Phi) is 6.43. The normalized spacial score (nSPS) is 10.2. The minimum atomic E-state index is 0.0298. The van der Waals surface area contributed by atoms with E-state index in [4.69, 9.17) is 11.6 Å². The summed E-state index contributed by atoms with van der Waals surface area (Å²) in [4.78, 5) is 19.4. The Balaban J connectivity index is 2.56. The summed E-state index contributed by atoms with van der Waals surface area (Å²) < 4.78 is 0. The molecular formula is C12H19ClN4O. The third kappa shape index (κ3) is 4.49. The highest BCUT2D eigenvalue weighted by Gasteiger charge is 2.09. The van der Waals surface area contributed by atoms with Crippen LogP contribution in [0.3, 0.4) is 0 Å².